The fraction of sp³-hybridized carbons (Fsp3) is 0.300. The third-order valence-electron chi connectivity index (χ3n) is 1.98. The van der Waals surface area contributed by atoms with Crippen molar-refractivity contribution >= 4 is 0 Å². The topological polar surface area (TPSA) is 63.8 Å². The maximum atomic E-state index is 9.25. The van der Waals surface area contributed by atoms with Gasteiger partial charge in [0.2, 0.25) is 0 Å². The zero-order valence-electron chi connectivity index (χ0n) is 8.41. The van der Waals surface area contributed by atoms with Crippen LogP contribution in [-0.4, -0.2) is 30.7 Å². The minimum absolute atomic E-state index is 0.393. The molecule has 0 aliphatic heterocycles. The molecule has 5 heteroatoms. The van der Waals surface area contributed by atoms with Gasteiger partial charge in [-0.1, -0.05) is 0 Å². The Labute approximate surface area is 87.5 Å². The van der Waals surface area contributed by atoms with E-state index >= 15 is 0 Å². The molecule has 5 nitrogen and oxygen atoms in total. The molecule has 0 saturated carbocycles. The summed E-state index contributed by atoms with van der Waals surface area (Å²) in [5, 5.41) is 9.25. The van der Waals surface area contributed by atoms with E-state index in [9.17, 15) is 5.11 Å². The van der Waals surface area contributed by atoms with Crippen LogP contribution < -0.4 is 0 Å². The van der Waals surface area contributed by atoms with Crippen LogP contribution in [-0.2, 0) is 6.42 Å². The molecular weight excluding hydrogens is 192 g/mol. The maximum absolute atomic E-state index is 9.25. The lowest BCUT2D eigenvalue weighted by molar-refractivity contribution is 0.194. The third kappa shape index (κ3) is 2.38. The first-order valence-electron chi connectivity index (χ1n) is 4.73. The Morgan fingerprint density at radius 1 is 1.47 bits per heavy atom. The average Bonchev–Trinajstić information content (AvgIpc) is 2.69. The molecule has 0 aromatic carbocycles. The van der Waals surface area contributed by atoms with Gasteiger partial charge in [0.25, 0.3) is 0 Å². The molecule has 2 aromatic heterocycles. The SMILES string of the molecule is C[C@H](O)Cc1cc(-n2ccnc2)ncn1. The Bertz CT molecular complexity index is 425. The number of aliphatic hydroxyl groups is 1. The highest BCUT2D eigenvalue weighted by molar-refractivity contribution is 5.23. The first-order chi connectivity index (χ1) is 7.25. The summed E-state index contributed by atoms with van der Waals surface area (Å²) in [4.78, 5) is 12.1. The van der Waals surface area contributed by atoms with Crippen LogP contribution >= 0.6 is 0 Å². The van der Waals surface area contributed by atoms with Gasteiger partial charge in [-0.3, -0.25) is 4.57 Å². The lowest BCUT2D eigenvalue weighted by Gasteiger charge is -2.05. The van der Waals surface area contributed by atoms with Gasteiger partial charge in [-0.15, -0.1) is 0 Å². The molecule has 0 radical (unpaired) electrons. The van der Waals surface area contributed by atoms with Crippen molar-refractivity contribution in [2.24, 2.45) is 0 Å². The van der Waals surface area contributed by atoms with E-state index in [1.165, 1.54) is 6.33 Å². The Hall–Kier alpha value is -1.75. The highest BCUT2D eigenvalue weighted by Gasteiger charge is 2.03. The van der Waals surface area contributed by atoms with Gasteiger partial charge in [0.15, 0.2) is 0 Å². The summed E-state index contributed by atoms with van der Waals surface area (Å²) in [5.41, 5.74) is 0.823. The zero-order chi connectivity index (χ0) is 10.7. The predicted octanol–water partition coefficient (Wildman–Crippen LogP) is 0.586. The van der Waals surface area contributed by atoms with E-state index in [0.29, 0.717) is 6.42 Å². The molecular formula is C10H12N4O. The van der Waals surface area contributed by atoms with Gasteiger partial charge in [0, 0.05) is 30.6 Å². The van der Waals surface area contributed by atoms with Crippen molar-refractivity contribution in [3.05, 3.63) is 36.8 Å². The number of aromatic nitrogens is 4. The molecule has 0 saturated heterocycles. The summed E-state index contributed by atoms with van der Waals surface area (Å²) >= 11 is 0. The first-order valence-corrected chi connectivity index (χ1v) is 4.73. The van der Waals surface area contributed by atoms with Gasteiger partial charge < -0.3 is 5.11 Å². The lowest BCUT2D eigenvalue weighted by atomic mass is 10.2. The molecule has 0 aliphatic rings. The second-order valence-corrected chi connectivity index (χ2v) is 3.39. The summed E-state index contributed by atoms with van der Waals surface area (Å²) < 4.78 is 1.80. The van der Waals surface area contributed by atoms with E-state index in [-0.39, 0.29) is 0 Å². The van der Waals surface area contributed by atoms with Gasteiger partial charge >= 0.3 is 0 Å². The predicted molar refractivity (Wildman–Crippen MR) is 54.5 cm³/mol. The molecule has 1 atom stereocenters. The van der Waals surface area contributed by atoms with Crippen molar-refractivity contribution in [1.82, 2.24) is 19.5 Å². The van der Waals surface area contributed by atoms with E-state index in [2.05, 4.69) is 15.0 Å². The van der Waals surface area contributed by atoms with Crippen molar-refractivity contribution < 1.29 is 5.11 Å². The van der Waals surface area contributed by atoms with E-state index in [1.54, 1.807) is 24.0 Å². The average molecular weight is 204 g/mol. The van der Waals surface area contributed by atoms with E-state index in [4.69, 9.17) is 0 Å². The molecule has 0 fully saturated rings. The number of rotatable bonds is 3. The molecule has 0 bridgehead atoms. The lowest BCUT2D eigenvalue weighted by Crippen LogP contribution is -2.07. The second-order valence-electron chi connectivity index (χ2n) is 3.39. The number of hydrogen-bond donors (Lipinski definition) is 1. The Morgan fingerprint density at radius 2 is 2.33 bits per heavy atom. The molecule has 0 aliphatic carbocycles. The van der Waals surface area contributed by atoms with Crippen LogP contribution in [0.4, 0.5) is 0 Å². The summed E-state index contributed by atoms with van der Waals surface area (Å²) in [5.74, 6) is 0.762. The highest BCUT2D eigenvalue weighted by Crippen LogP contribution is 2.06. The molecule has 1 N–H and O–H groups in total. The Morgan fingerprint density at radius 3 is 3.00 bits per heavy atom. The highest BCUT2D eigenvalue weighted by atomic mass is 16.3. The number of hydrogen-bond acceptors (Lipinski definition) is 4. The smallest absolute Gasteiger partial charge is 0.141 e. The molecule has 2 heterocycles. The molecule has 2 aromatic rings. The minimum Gasteiger partial charge on any atom is -0.393 e. The van der Waals surface area contributed by atoms with E-state index in [0.717, 1.165) is 11.5 Å². The van der Waals surface area contributed by atoms with Crippen molar-refractivity contribution in [2.45, 2.75) is 19.4 Å². The van der Waals surface area contributed by atoms with Gasteiger partial charge in [-0.25, -0.2) is 15.0 Å². The second kappa shape index (κ2) is 4.18. The molecule has 0 amide bonds. The number of imidazole rings is 1. The quantitative estimate of drug-likeness (QED) is 0.794. The van der Waals surface area contributed by atoms with Gasteiger partial charge in [0.1, 0.15) is 18.5 Å². The molecule has 15 heavy (non-hydrogen) atoms. The van der Waals surface area contributed by atoms with Crippen LogP contribution in [0.15, 0.2) is 31.1 Å². The summed E-state index contributed by atoms with van der Waals surface area (Å²) in [7, 11) is 0. The van der Waals surface area contributed by atoms with Crippen LogP contribution in [0.1, 0.15) is 12.6 Å². The third-order valence-corrected chi connectivity index (χ3v) is 1.98. The van der Waals surface area contributed by atoms with Crippen molar-refractivity contribution in [3.8, 4) is 5.82 Å². The first kappa shape index (κ1) is 9.79. The van der Waals surface area contributed by atoms with Gasteiger partial charge in [-0.2, -0.15) is 0 Å². The zero-order valence-corrected chi connectivity index (χ0v) is 8.41. The minimum atomic E-state index is -0.393. The van der Waals surface area contributed by atoms with Crippen LogP contribution in [0.2, 0.25) is 0 Å². The van der Waals surface area contributed by atoms with E-state index < -0.39 is 6.10 Å². The summed E-state index contributed by atoms with van der Waals surface area (Å²) in [6.07, 6.45) is 6.81. The fourth-order valence-corrected chi connectivity index (χ4v) is 1.34. The largest absolute Gasteiger partial charge is 0.393 e. The van der Waals surface area contributed by atoms with Gasteiger partial charge in [-0.05, 0) is 6.92 Å². The van der Waals surface area contributed by atoms with Crippen LogP contribution in [0.25, 0.3) is 5.82 Å². The normalized spacial score (nSPS) is 12.7. The maximum Gasteiger partial charge on any atom is 0.141 e. The Balaban J connectivity index is 2.27. The Kier molecular flexibility index (Phi) is 2.73. The van der Waals surface area contributed by atoms with Crippen molar-refractivity contribution in [2.75, 3.05) is 0 Å². The fourth-order valence-electron chi connectivity index (χ4n) is 1.34. The van der Waals surface area contributed by atoms with E-state index in [1.807, 2.05) is 12.3 Å². The van der Waals surface area contributed by atoms with Crippen LogP contribution in [0.3, 0.4) is 0 Å². The molecule has 2 rings (SSSR count). The van der Waals surface area contributed by atoms with Crippen LogP contribution in [0.5, 0.6) is 0 Å². The number of aliphatic hydroxyl groups excluding tert-OH is 1. The van der Waals surface area contributed by atoms with Gasteiger partial charge in [0.05, 0.1) is 6.10 Å². The molecule has 0 spiro atoms. The summed E-state index contributed by atoms with van der Waals surface area (Å²) in [6, 6.07) is 1.84. The monoisotopic (exact) mass is 204 g/mol. The standard InChI is InChI=1S/C10H12N4O/c1-8(15)4-9-5-10(13-6-12-9)14-3-2-11-7-14/h2-3,5-8,15H,4H2,1H3/t8-/m0/s1. The molecule has 78 valence electrons. The number of nitrogens with zero attached hydrogens (tertiary/aromatic N) is 4. The van der Waals surface area contributed by atoms with Crippen molar-refractivity contribution in [1.29, 1.82) is 0 Å². The van der Waals surface area contributed by atoms with Crippen LogP contribution in [0, 0.1) is 0 Å². The molecule has 0 unspecified atom stereocenters. The summed E-state index contributed by atoms with van der Waals surface area (Å²) in [6.45, 7) is 1.74. The van der Waals surface area contributed by atoms with Crippen molar-refractivity contribution in [3.63, 3.8) is 0 Å².